The number of unbranched alkanes of at least 4 members (excludes halogenated alkanes) is 1. The number of anilines is 1. The molecule has 0 aliphatic rings. The highest BCUT2D eigenvalue weighted by Crippen LogP contribution is 2.36. The van der Waals surface area contributed by atoms with Gasteiger partial charge in [-0.3, -0.25) is 4.79 Å². The summed E-state index contributed by atoms with van der Waals surface area (Å²) in [5, 5.41) is 1.92. The Morgan fingerprint density at radius 3 is 2.48 bits per heavy atom. The van der Waals surface area contributed by atoms with Gasteiger partial charge in [0.15, 0.2) is 6.61 Å². The van der Waals surface area contributed by atoms with Crippen LogP contribution in [-0.2, 0) is 11.0 Å². The predicted octanol–water partition coefficient (Wildman–Crippen LogP) is 5.56. The molecule has 1 N–H and O–H groups in total. The fourth-order valence-corrected chi connectivity index (χ4v) is 2.38. The van der Waals surface area contributed by atoms with Gasteiger partial charge in [0.2, 0.25) is 0 Å². The zero-order valence-corrected chi connectivity index (χ0v) is 15.4. The summed E-state index contributed by atoms with van der Waals surface area (Å²) in [4.78, 5) is 11.9. The zero-order chi connectivity index (χ0) is 19.9. The van der Waals surface area contributed by atoms with E-state index in [4.69, 9.17) is 21.1 Å². The molecule has 27 heavy (non-hydrogen) atoms. The number of benzene rings is 2. The van der Waals surface area contributed by atoms with Gasteiger partial charge in [0.1, 0.15) is 11.5 Å². The van der Waals surface area contributed by atoms with Crippen LogP contribution in [0.4, 0.5) is 18.9 Å². The Labute approximate surface area is 160 Å². The van der Waals surface area contributed by atoms with Crippen LogP contribution < -0.4 is 14.8 Å². The van der Waals surface area contributed by atoms with E-state index in [2.05, 4.69) is 12.2 Å². The maximum absolute atomic E-state index is 12.9. The lowest BCUT2D eigenvalue weighted by molar-refractivity contribution is -0.137. The average molecular weight is 402 g/mol. The maximum atomic E-state index is 12.9. The third kappa shape index (κ3) is 6.67. The van der Waals surface area contributed by atoms with E-state index in [-0.39, 0.29) is 12.3 Å². The van der Waals surface area contributed by atoms with E-state index in [9.17, 15) is 18.0 Å². The van der Waals surface area contributed by atoms with Crippen molar-refractivity contribution in [1.29, 1.82) is 0 Å². The van der Waals surface area contributed by atoms with E-state index in [0.717, 1.165) is 25.0 Å². The SMILES string of the molecule is CCCCOc1cccc(OCC(=O)Nc2ccc(Cl)c(C(F)(F)F)c2)c1. The number of nitrogens with one attached hydrogen (secondary N) is 1. The average Bonchev–Trinajstić information content (AvgIpc) is 2.61. The minimum atomic E-state index is -4.60. The molecule has 0 atom stereocenters. The second kappa shape index (κ2) is 9.50. The van der Waals surface area contributed by atoms with E-state index in [1.54, 1.807) is 24.3 Å². The van der Waals surface area contributed by atoms with Crippen molar-refractivity contribution in [2.75, 3.05) is 18.5 Å². The monoisotopic (exact) mass is 401 g/mol. The quantitative estimate of drug-likeness (QED) is 0.589. The van der Waals surface area contributed by atoms with Gasteiger partial charge in [-0.2, -0.15) is 13.2 Å². The van der Waals surface area contributed by atoms with E-state index in [0.29, 0.717) is 18.1 Å². The summed E-state index contributed by atoms with van der Waals surface area (Å²) in [7, 11) is 0. The number of halogens is 4. The molecule has 0 aliphatic heterocycles. The first kappa shape index (κ1) is 20.9. The van der Waals surface area contributed by atoms with Gasteiger partial charge in [-0.1, -0.05) is 31.0 Å². The van der Waals surface area contributed by atoms with Crippen LogP contribution in [0.5, 0.6) is 11.5 Å². The van der Waals surface area contributed by atoms with Gasteiger partial charge in [0.05, 0.1) is 17.2 Å². The molecule has 2 aromatic carbocycles. The van der Waals surface area contributed by atoms with Crippen molar-refractivity contribution in [2.24, 2.45) is 0 Å². The second-order valence-corrected chi connectivity index (χ2v) is 6.11. The Balaban J connectivity index is 1.92. The molecule has 0 saturated carbocycles. The van der Waals surface area contributed by atoms with Gasteiger partial charge < -0.3 is 14.8 Å². The van der Waals surface area contributed by atoms with Crippen LogP contribution in [-0.4, -0.2) is 19.1 Å². The van der Waals surface area contributed by atoms with Crippen molar-refractivity contribution in [3.05, 3.63) is 53.1 Å². The van der Waals surface area contributed by atoms with Gasteiger partial charge in [-0.05, 0) is 36.8 Å². The molecule has 4 nitrogen and oxygen atoms in total. The molecule has 0 unspecified atom stereocenters. The Morgan fingerprint density at radius 1 is 1.11 bits per heavy atom. The van der Waals surface area contributed by atoms with Gasteiger partial charge in [-0.25, -0.2) is 0 Å². The van der Waals surface area contributed by atoms with Crippen LogP contribution in [0.15, 0.2) is 42.5 Å². The molecule has 8 heteroatoms. The number of hydrogen-bond acceptors (Lipinski definition) is 3. The molecule has 0 heterocycles. The van der Waals surface area contributed by atoms with Crippen molar-refractivity contribution >= 4 is 23.2 Å². The summed E-state index contributed by atoms with van der Waals surface area (Å²) in [6, 6.07) is 9.95. The topological polar surface area (TPSA) is 47.6 Å². The number of carbonyl (C=O) groups is 1. The van der Waals surface area contributed by atoms with Crippen LogP contribution in [0.25, 0.3) is 0 Å². The fourth-order valence-electron chi connectivity index (χ4n) is 2.15. The first-order valence-corrected chi connectivity index (χ1v) is 8.69. The first-order chi connectivity index (χ1) is 12.8. The minimum absolute atomic E-state index is 0.0167. The summed E-state index contributed by atoms with van der Waals surface area (Å²) in [5.41, 5.74) is -1.03. The summed E-state index contributed by atoms with van der Waals surface area (Å²) < 4.78 is 49.5. The molecule has 0 fully saturated rings. The lowest BCUT2D eigenvalue weighted by atomic mass is 10.2. The van der Waals surface area contributed by atoms with E-state index in [1.165, 1.54) is 6.07 Å². The molecule has 1 amide bonds. The van der Waals surface area contributed by atoms with Crippen molar-refractivity contribution in [2.45, 2.75) is 25.9 Å². The predicted molar refractivity (Wildman–Crippen MR) is 97.4 cm³/mol. The third-order valence-corrected chi connectivity index (χ3v) is 3.83. The largest absolute Gasteiger partial charge is 0.493 e. The second-order valence-electron chi connectivity index (χ2n) is 5.71. The lowest BCUT2D eigenvalue weighted by Gasteiger charge is -2.12. The summed E-state index contributed by atoms with van der Waals surface area (Å²) in [6.45, 7) is 2.28. The van der Waals surface area contributed by atoms with Crippen LogP contribution in [0, 0.1) is 0 Å². The van der Waals surface area contributed by atoms with E-state index < -0.39 is 22.7 Å². The third-order valence-electron chi connectivity index (χ3n) is 3.50. The molecule has 0 radical (unpaired) electrons. The number of rotatable bonds is 8. The minimum Gasteiger partial charge on any atom is -0.493 e. The molecule has 0 saturated heterocycles. The van der Waals surface area contributed by atoms with Gasteiger partial charge in [-0.15, -0.1) is 0 Å². The number of hydrogen-bond donors (Lipinski definition) is 1. The first-order valence-electron chi connectivity index (χ1n) is 8.32. The molecule has 2 aromatic rings. The van der Waals surface area contributed by atoms with Crippen molar-refractivity contribution in [3.63, 3.8) is 0 Å². The van der Waals surface area contributed by atoms with Crippen molar-refractivity contribution in [1.82, 2.24) is 0 Å². The Kier molecular flexibility index (Phi) is 7.36. The Morgan fingerprint density at radius 2 is 1.81 bits per heavy atom. The standard InChI is InChI=1S/C19H19ClF3NO3/c1-2-3-9-26-14-5-4-6-15(11-14)27-12-18(25)24-13-7-8-17(20)16(10-13)19(21,22)23/h4-8,10-11H,2-3,9,12H2,1H3,(H,24,25). The Hall–Kier alpha value is -2.41. The number of alkyl halides is 3. The highest BCUT2D eigenvalue weighted by atomic mass is 35.5. The molecule has 146 valence electrons. The smallest absolute Gasteiger partial charge is 0.417 e. The van der Waals surface area contributed by atoms with Crippen LogP contribution in [0.1, 0.15) is 25.3 Å². The molecule has 0 bridgehead atoms. The van der Waals surface area contributed by atoms with Crippen LogP contribution in [0.3, 0.4) is 0 Å². The van der Waals surface area contributed by atoms with Crippen LogP contribution in [0.2, 0.25) is 5.02 Å². The highest BCUT2D eigenvalue weighted by molar-refractivity contribution is 6.31. The van der Waals surface area contributed by atoms with Crippen LogP contribution >= 0.6 is 11.6 Å². The molecule has 2 rings (SSSR count). The number of carbonyl (C=O) groups excluding carboxylic acids is 1. The molecule has 0 aliphatic carbocycles. The Bertz CT molecular complexity index is 781. The lowest BCUT2D eigenvalue weighted by Crippen LogP contribution is -2.20. The van der Waals surface area contributed by atoms with Crippen molar-refractivity contribution in [3.8, 4) is 11.5 Å². The summed E-state index contributed by atoms with van der Waals surface area (Å²) in [5.74, 6) is 0.447. The number of amides is 1. The molecule has 0 spiro atoms. The normalized spacial score (nSPS) is 11.1. The van der Waals surface area contributed by atoms with E-state index in [1.807, 2.05) is 0 Å². The maximum Gasteiger partial charge on any atom is 0.417 e. The van der Waals surface area contributed by atoms with Gasteiger partial charge in [0, 0.05) is 11.8 Å². The fraction of sp³-hybridized carbons (Fsp3) is 0.316. The van der Waals surface area contributed by atoms with Gasteiger partial charge >= 0.3 is 6.18 Å². The molecular formula is C19H19ClF3NO3. The van der Waals surface area contributed by atoms with Gasteiger partial charge in [0.25, 0.3) is 5.91 Å². The highest BCUT2D eigenvalue weighted by Gasteiger charge is 2.33. The zero-order valence-electron chi connectivity index (χ0n) is 14.6. The summed E-state index contributed by atoms with van der Waals surface area (Å²) >= 11 is 5.55. The summed E-state index contributed by atoms with van der Waals surface area (Å²) in [6.07, 6.45) is -2.67. The molecule has 0 aromatic heterocycles. The van der Waals surface area contributed by atoms with E-state index >= 15 is 0 Å². The molecular weight excluding hydrogens is 383 g/mol. The van der Waals surface area contributed by atoms with Crippen molar-refractivity contribution < 1.29 is 27.4 Å². The number of ether oxygens (including phenoxy) is 2.